The number of hydrogen-bond acceptors (Lipinski definition) is 5. The van der Waals surface area contributed by atoms with Crippen molar-refractivity contribution >= 4 is 11.8 Å². The second kappa shape index (κ2) is 8.16. The van der Waals surface area contributed by atoms with Crippen LogP contribution >= 0.6 is 0 Å². The lowest BCUT2D eigenvalue weighted by Crippen LogP contribution is -2.73. The summed E-state index contributed by atoms with van der Waals surface area (Å²) in [5.74, 6) is 0.808. The van der Waals surface area contributed by atoms with E-state index in [0.717, 1.165) is 19.3 Å². The standard InChI is InChI=1S/C32H50O5/c1-17-10-12-29(6)14-15-30(7)20(23(29)18(17)2)16-21(34)25-31(30,8)13-11-22-28(4,5)27(37-19(3)33)24(35)26(36)32(22,25)9/h16-18,22-27,35-36H,10-15H2,1-9H3/t17-,18+,22?,23?,24-,25?,26-,27+,29-,30-,31-,32+/m1/s1. The van der Waals surface area contributed by atoms with Crippen molar-refractivity contribution in [3.05, 3.63) is 11.6 Å². The molecule has 5 rings (SSSR count). The highest BCUT2D eigenvalue weighted by molar-refractivity contribution is 5.95. The average Bonchev–Trinajstić information content (AvgIpc) is 2.79. The normalized spacial score (nSPS) is 54.7. The van der Waals surface area contributed by atoms with Crippen LogP contribution in [0.3, 0.4) is 0 Å². The topological polar surface area (TPSA) is 83.8 Å². The van der Waals surface area contributed by atoms with Crippen molar-refractivity contribution in [2.75, 3.05) is 0 Å². The van der Waals surface area contributed by atoms with Crippen molar-refractivity contribution in [3.63, 3.8) is 0 Å². The molecule has 4 saturated carbocycles. The molecule has 5 aliphatic rings. The Bertz CT molecular complexity index is 1030. The van der Waals surface area contributed by atoms with Gasteiger partial charge in [0.05, 0.1) is 6.10 Å². The molecular formula is C32H50O5. The van der Waals surface area contributed by atoms with Crippen LogP contribution in [0.4, 0.5) is 0 Å². The third kappa shape index (κ3) is 3.28. The molecule has 4 fully saturated rings. The SMILES string of the molecule is CC(=O)O[C@H]1[C@H](O)[C@@H](O)[C@@]2(C)C(CC[C@]3(C)C2C(=O)C=C2C4[C@@H](C)[C@H](C)CC[C@]4(C)CC[C@]23C)C1(C)C. The Morgan fingerprint density at radius 1 is 0.973 bits per heavy atom. The van der Waals surface area contributed by atoms with Gasteiger partial charge in [-0.2, -0.15) is 0 Å². The number of rotatable bonds is 1. The Kier molecular flexibility index (Phi) is 6.04. The van der Waals surface area contributed by atoms with Crippen LogP contribution in [0.25, 0.3) is 0 Å². The van der Waals surface area contributed by atoms with Crippen molar-refractivity contribution in [1.29, 1.82) is 0 Å². The molecule has 0 radical (unpaired) electrons. The summed E-state index contributed by atoms with van der Waals surface area (Å²) < 4.78 is 5.62. The van der Waals surface area contributed by atoms with Gasteiger partial charge in [0.15, 0.2) is 5.78 Å². The van der Waals surface area contributed by atoms with E-state index < -0.39 is 41.0 Å². The molecule has 0 aromatic heterocycles. The van der Waals surface area contributed by atoms with E-state index in [1.165, 1.54) is 31.8 Å². The van der Waals surface area contributed by atoms with Crippen LogP contribution in [0.15, 0.2) is 11.6 Å². The van der Waals surface area contributed by atoms with Gasteiger partial charge in [-0.3, -0.25) is 9.59 Å². The van der Waals surface area contributed by atoms with E-state index in [4.69, 9.17) is 4.74 Å². The number of carbonyl (C=O) groups excluding carboxylic acids is 2. The zero-order valence-corrected chi connectivity index (χ0v) is 24.6. The van der Waals surface area contributed by atoms with E-state index in [1.54, 1.807) is 0 Å². The monoisotopic (exact) mass is 514 g/mol. The van der Waals surface area contributed by atoms with Crippen molar-refractivity contribution in [3.8, 4) is 0 Å². The molecule has 5 heteroatoms. The minimum Gasteiger partial charge on any atom is -0.459 e. The Balaban J connectivity index is 1.65. The largest absolute Gasteiger partial charge is 0.459 e. The lowest BCUT2D eigenvalue weighted by Gasteiger charge is -2.71. The number of allylic oxidation sites excluding steroid dienone is 2. The maximum atomic E-state index is 14.4. The van der Waals surface area contributed by atoms with E-state index in [-0.39, 0.29) is 27.9 Å². The zero-order valence-electron chi connectivity index (χ0n) is 24.6. The fourth-order valence-electron chi connectivity index (χ4n) is 11.1. The van der Waals surface area contributed by atoms with Gasteiger partial charge in [0, 0.05) is 23.7 Å². The number of aliphatic hydroxyl groups is 2. The highest BCUT2D eigenvalue weighted by atomic mass is 16.6. The smallest absolute Gasteiger partial charge is 0.303 e. The molecule has 0 saturated heterocycles. The molecule has 12 atom stereocenters. The summed E-state index contributed by atoms with van der Waals surface area (Å²) in [5.41, 5.74) is -0.232. The highest BCUT2D eigenvalue weighted by Crippen LogP contribution is 2.75. The van der Waals surface area contributed by atoms with Crippen molar-refractivity contribution in [2.45, 2.75) is 119 Å². The molecule has 3 unspecified atom stereocenters. The number of carbonyl (C=O) groups is 2. The van der Waals surface area contributed by atoms with Crippen molar-refractivity contribution in [1.82, 2.24) is 0 Å². The molecule has 0 aromatic rings. The zero-order chi connectivity index (χ0) is 27.5. The second-order valence-corrected chi connectivity index (χ2v) is 15.4. The molecule has 2 N–H and O–H groups in total. The predicted octanol–water partition coefficient (Wildman–Crippen LogP) is 5.72. The quantitative estimate of drug-likeness (QED) is 0.438. The second-order valence-electron chi connectivity index (χ2n) is 15.4. The molecule has 208 valence electrons. The molecule has 0 aromatic carbocycles. The third-order valence-electron chi connectivity index (χ3n) is 13.5. The van der Waals surface area contributed by atoms with E-state index in [2.05, 4.69) is 34.6 Å². The summed E-state index contributed by atoms with van der Waals surface area (Å²) in [6, 6.07) is 0. The van der Waals surface area contributed by atoms with Gasteiger partial charge in [0.1, 0.15) is 12.2 Å². The summed E-state index contributed by atoms with van der Waals surface area (Å²) in [7, 11) is 0. The van der Waals surface area contributed by atoms with Crippen LogP contribution in [-0.2, 0) is 14.3 Å². The summed E-state index contributed by atoms with van der Waals surface area (Å²) in [6.45, 7) is 19.4. The fraction of sp³-hybridized carbons (Fsp3) is 0.875. The molecule has 5 nitrogen and oxygen atoms in total. The van der Waals surface area contributed by atoms with Gasteiger partial charge < -0.3 is 14.9 Å². The molecule has 0 aliphatic heterocycles. The van der Waals surface area contributed by atoms with Gasteiger partial charge in [-0.15, -0.1) is 0 Å². The number of hydrogen-bond donors (Lipinski definition) is 2. The first-order chi connectivity index (χ1) is 17.0. The first-order valence-corrected chi connectivity index (χ1v) is 14.8. The van der Waals surface area contributed by atoms with Crippen LogP contribution in [0.1, 0.15) is 101 Å². The van der Waals surface area contributed by atoms with Gasteiger partial charge in [0.2, 0.25) is 0 Å². The molecular weight excluding hydrogens is 464 g/mol. The van der Waals surface area contributed by atoms with E-state index >= 15 is 0 Å². The van der Waals surface area contributed by atoms with Crippen molar-refractivity contribution in [2.24, 2.45) is 56.7 Å². The average molecular weight is 515 g/mol. The van der Waals surface area contributed by atoms with E-state index in [0.29, 0.717) is 17.8 Å². The third-order valence-corrected chi connectivity index (χ3v) is 13.5. The molecule has 5 aliphatic carbocycles. The maximum absolute atomic E-state index is 14.4. The first-order valence-electron chi connectivity index (χ1n) is 14.8. The Morgan fingerprint density at radius 3 is 2.24 bits per heavy atom. The number of ketones is 1. The molecule has 37 heavy (non-hydrogen) atoms. The first kappa shape index (κ1) is 27.4. The van der Waals surface area contributed by atoms with E-state index in [9.17, 15) is 19.8 Å². The lowest BCUT2D eigenvalue weighted by molar-refractivity contribution is -0.276. The predicted molar refractivity (Wildman–Crippen MR) is 143 cm³/mol. The van der Waals surface area contributed by atoms with Crippen LogP contribution in [0.5, 0.6) is 0 Å². The number of ether oxygens (including phenoxy) is 1. The van der Waals surface area contributed by atoms with Gasteiger partial charge >= 0.3 is 5.97 Å². The maximum Gasteiger partial charge on any atom is 0.303 e. The van der Waals surface area contributed by atoms with Crippen LogP contribution in [-0.4, -0.2) is 40.3 Å². The van der Waals surface area contributed by atoms with Crippen LogP contribution in [0, 0.1) is 56.7 Å². The molecule has 0 heterocycles. The Morgan fingerprint density at radius 2 is 1.62 bits per heavy atom. The van der Waals surface area contributed by atoms with Gasteiger partial charge in [-0.05, 0) is 84.5 Å². The minimum atomic E-state index is -1.23. The Hall–Kier alpha value is -1.20. The molecule has 0 amide bonds. The number of fused-ring (bicyclic) bond motifs is 7. The molecule has 0 bridgehead atoms. The van der Waals surface area contributed by atoms with Gasteiger partial charge in [-0.25, -0.2) is 0 Å². The van der Waals surface area contributed by atoms with E-state index in [1.807, 2.05) is 26.8 Å². The number of aliphatic hydroxyl groups excluding tert-OH is 2. The fourth-order valence-corrected chi connectivity index (χ4v) is 11.1. The highest BCUT2D eigenvalue weighted by Gasteiger charge is 2.73. The van der Waals surface area contributed by atoms with Gasteiger partial charge in [-0.1, -0.05) is 61.0 Å². The summed E-state index contributed by atoms with van der Waals surface area (Å²) in [6.07, 6.45) is 5.27. The summed E-state index contributed by atoms with van der Waals surface area (Å²) in [5, 5.41) is 23.2. The Labute approximate surface area is 223 Å². The number of esters is 1. The van der Waals surface area contributed by atoms with Crippen LogP contribution < -0.4 is 0 Å². The lowest BCUT2D eigenvalue weighted by atomic mass is 9.32. The summed E-state index contributed by atoms with van der Waals surface area (Å²) in [4.78, 5) is 26.4. The van der Waals surface area contributed by atoms with Crippen LogP contribution in [0.2, 0.25) is 0 Å². The summed E-state index contributed by atoms with van der Waals surface area (Å²) >= 11 is 0. The van der Waals surface area contributed by atoms with Crippen molar-refractivity contribution < 1.29 is 24.5 Å². The minimum absolute atomic E-state index is 0.0641. The van der Waals surface area contributed by atoms with Gasteiger partial charge in [0.25, 0.3) is 0 Å². The molecule has 0 spiro atoms.